The summed E-state index contributed by atoms with van der Waals surface area (Å²) in [5, 5.41) is 6.63. The summed E-state index contributed by atoms with van der Waals surface area (Å²) in [6, 6.07) is 12.9. The van der Waals surface area contributed by atoms with Crippen molar-refractivity contribution in [2.75, 3.05) is 30.9 Å². The first-order valence-corrected chi connectivity index (χ1v) is 12.5. The van der Waals surface area contributed by atoms with E-state index < -0.39 is 0 Å². The third kappa shape index (κ3) is 5.20. The molecule has 1 saturated heterocycles. The molecule has 0 bridgehead atoms. The number of carbonyl (C=O) groups excluding carboxylic acids is 2. The van der Waals surface area contributed by atoms with Crippen molar-refractivity contribution < 1.29 is 14.3 Å². The van der Waals surface area contributed by atoms with Crippen LogP contribution in [0.2, 0.25) is 5.02 Å². The molecule has 186 valence electrons. The topological polar surface area (TPSA) is 96.4 Å². The molecule has 3 heterocycles. The van der Waals surface area contributed by atoms with Gasteiger partial charge in [0.15, 0.2) is 0 Å². The molecule has 0 spiro atoms. The summed E-state index contributed by atoms with van der Waals surface area (Å²) < 4.78 is 5.24. The van der Waals surface area contributed by atoms with E-state index in [9.17, 15) is 9.59 Å². The molecule has 1 unspecified atom stereocenters. The summed E-state index contributed by atoms with van der Waals surface area (Å²) in [4.78, 5) is 36.6. The van der Waals surface area contributed by atoms with E-state index in [1.807, 2.05) is 35.2 Å². The minimum Gasteiger partial charge on any atom is -0.385 e. The number of methoxy groups -OCH3 is 1. The summed E-state index contributed by atoms with van der Waals surface area (Å²) in [7, 11) is 1.69. The van der Waals surface area contributed by atoms with Gasteiger partial charge in [0.1, 0.15) is 0 Å². The van der Waals surface area contributed by atoms with Gasteiger partial charge in [-0.05, 0) is 68.1 Å². The predicted octanol–water partition coefficient (Wildman–Crippen LogP) is 5.07. The molecule has 0 saturated carbocycles. The number of hydrogen-bond acceptors (Lipinski definition) is 6. The summed E-state index contributed by atoms with van der Waals surface area (Å²) in [6.07, 6.45) is 5.89. The van der Waals surface area contributed by atoms with Crippen LogP contribution in [0.4, 0.5) is 17.3 Å². The Balaban J connectivity index is 1.34. The summed E-state index contributed by atoms with van der Waals surface area (Å²) in [5.74, 6) is 0.315. The van der Waals surface area contributed by atoms with Gasteiger partial charge in [-0.2, -0.15) is 0 Å². The normalized spacial score (nSPS) is 17.0. The zero-order chi connectivity index (χ0) is 25.1. The van der Waals surface area contributed by atoms with E-state index in [0.717, 1.165) is 49.0 Å². The van der Waals surface area contributed by atoms with E-state index >= 15 is 0 Å². The van der Waals surface area contributed by atoms with Gasteiger partial charge < -0.3 is 20.3 Å². The van der Waals surface area contributed by atoms with Crippen molar-refractivity contribution >= 4 is 40.7 Å². The first-order chi connectivity index (χ1) is 17.5. The highest BCUT2D eigenvalue weighted by Crippen LogP contribution is 2.35. The minimum atomic E-state index is -0.139. The number of amides is 2. The molecule has 2 aliphatic rings. The van der Waals surface area contributed by atoms with Gasteiger partial charge in [-0.15, -0.1) is 0 Å². The van der Waals surface area contributed by atoms with Gasteiger partial charge in [-0.1, -0.05) is 11.6 Å². The van der Waals surface area contributed by atoms with Crippen molar-refractivity contribution in [3.63, 3.8) is 0 Å². The molecular weight excluding hydrogens is 478 g/mol. The largest absolute Gasteiger partial charge is 0.385 e. The maximum Gasteiger partial charge on any atom is 0.254 e. The van der Waals surface area contributed by atoms with Gasteiger partial charge in [0.05, 0.1) is 17.8 Å². The molecule has 36 heavy (non-hydrogen) atoms. The lowest BCUT2D eigenvalue weighted by atomic mass is 9.98. The number of piperidine rings is 1. The standard InChI is InChI=1S/C27H28ClN5O3/c1-36-13-11-21-4-2-3-12-33(21)26(35)17-5-8-20(9-6-17)30-27-29-16-18-14-24(34)31-23-15-19(28)7-10-22(23)25(18)32-27/h5-10,15-16,21H,2-4,11-14H2,1H3,(H,31,34)(H,29,30,32). The van der Waals surface area contributed by atoms with Crippen LogP contribution in [-0.4, -0.2) is 53.0 Å². The molecule has 2 N–H and O–H groups in total. The lowest BCUT2D eigenvalue weighted by molar-refractivity contribution is -0.115. The lowest BCUT2D eigenvalue weighted by Gasteiger charge is -2.36. The number of halogens is 1. The first kappa shape index (κ1) is 24.2. The fraction of sp³-hybridized carbons (Fsp3) is 0.333. The smallest absolute Gasteiger partial charge is 0.254 e. The second-order valence-corrected chi connectivity index (χ2v) is 9.55. The van der Waals surface area contributed by atoms with Gasteiger partial charge >= 0.3 is 0 Å². The molecule has 9 heteroatoms. The molecule has 3 aromatic rings. The third-order valence-corrected chi connectivity index (χ3v) is 6.89. The number of carbonyl (C=O) groups is 2. The molecule has 1 atom stereocenters. The number of hydrogen-bond donors (Lipinski definition) is 2. The second kappa shape index (κ2) is 10.6. The van der Waals surface area contributed by atoms with Crippen molar-refractivity contribution in [2.24, 2.45) is 0 Å². The maximum absolute atomic E-state index is 13.2. The molecule has 2 amide bonds. The first-order valence-electron chi connectivity index (χ1n) is 12.1. The van der Waals surface area contributed by atoms with Crippen LogP contribution in [-0.2, 0) is 16.0 Å². The van der Waals surface area contributed by atoms with E-state index in [2.05, 4.69) is 15.6 Å². The molecule has 2 aliphatic heterocycles. The lowest BCUT2D eigenvalue weighted by Crippen LogP contribution is -2.44. The molecule has 0 aliphatic carbocycles. The van der Waals surface area contributed by atoms with Gasteiger partial charge in [-0.25, -0.2) is 9.97 Å². The molecular formula is C27H28ClN5O3. The molecule has 1 aromatic heterocycles. The fourth-order valence-electron chi connectivity index (χ4n) is 4.84. The number of rotatable bonds is 6. The van der Waals surface area contributed by atoms with Gasteiger partial charge in [0.25, 0.3) is 5.91 Å². The Morgan fingerprint density at radius 2 is 2.06 bits per heavy atom. The van der Waals surface area contributed by atoms with Gasteiger partial charge in [0, 0.05) is 59.9 Å². The summed E-state index contributed by atoms with van der Waals surface area (Å²) in [5.41, 5.74) is 4.25. The van der Waals surface area contributed by atoms with E-state index in [1.54, 1.807) is 25.4 Å². The van der Waals surface area contributed by atoms with Crippen LogP contribution in [0.1, 0.15) is 41.6 Å². The van der Waals surface area contributed by atoms with E-state index in [-0.39, 0.29) is 24.3 Å². The van der Waals surface area contributed by atoms with Crippen LogP contribution in [0.3, 0.4) is 0 Å². The molecule has 5 rings (SSSR count). The molecule has 2 aromatic carbocycles. The fourth-order valence-corrected chi connectivity index (χ4v) is 5.01. The molecule has 1 fully saturated rings. The number of fused-ring (bicyclic) bond motifs is 3. The van der Waals surface area contributed by atoms with Crippen LogP contribution >= 0.6 is 11.6 Å². The maximum atomic E-state index is 13.2. The van der Waals surface area contributed by atoms with Crippen molar-refractivity contribution in [3.8, 4) is 11.3 Å². The number of aromatic nitrogens is 2. The van der Waals surface area contributed by atoms with Crippen LogP contribution in [0, 0.1) is 0 Å². The van der Waals surface area contributed by atoms with Crippen molar-refractivity contribution in [1.29, 1.82) is 0 Å². The van der Waals surface area contributed by atoms with Crippen molar-refractivity contribution in [2.45, 2.75) is 38.1 Å². The number of likely N-dealkylation sites (tertiary alicyclic amines) is 1. The Hall–Kier alpha value is -3.49. The average molecular weight is 506 g/mol. The quantitative estimate of drug-likeness (QED) is 0.485. The number of anilines is 3. The van der Waals surface area contributed by atoms with Crippen LogP contribution < -0.4 is 10.6 Å². The highest BCUT2D eigenvalue weighted by molar-refractivity contribution is 6.31. The number of ether oxygens (including phenoxy) is 1. The number of benzene rings is 2. The third-order valence-electron chi connectivity index (χ3n) is 6.66. The molecule has 8 nitrogen and oxygen atoms in total. The Labute approximate surface area is 215 Å². The highest BCUT2D eigenvalue weighted by Gasteiger charge is 2.27. The van der Waals surface area contributed by atoms with Gasteiger partial charge in [0.2, 0.25) is 11.9 Å². The van der Waals surface area contributed by atoms with E-state index in [0.29, 0.717) is 34.5 Å². The predicted molar refractivity (Wildman–Crippen MR) is 140 cm³/mol. The Morgan fingerprint density at radius 1 is 1.22 bits per heavy atom. The van der Waals surface area contributed by atoms with Crippen LogP contribution in [0.15, 0.2) is 48.7 Å². The SMILES string of the molecule is COCCC1CCCCN1C(=O)c1ccc(Nc2ncc3c(n2)-c2ccc(Cl)cc2NC(=O)C3)cc1. The Kier molecular flexibility index (Phi) is 7.16. The van der Waals surface area contributed by atoms with Crippen molar-refractivity contribution in [1.82, 2.24) is 14.9 Å². The van der Waals surface area contributed by atoms with Crippen LogP contribution in [0.25, 0.3) is 11.3 Å². The summed E-state index contributed by atoms with van der Waals surface area (Å²) in [6.45, 7) is 1.43. The minimum absolute atomic E-state index is 0.0519. The second-order valence-electron chi connectivity index (χ2n) is 9.11. The van der Waals surface area contributed by atoms with Crippen molar-refractivity contribution in [3.05, 3.63) is 64.8 Å². The molecule has 0 radical (unpaired) electrons. The number of nitrogens with zero attached hydrogens (tertiary/aromatic N) is 3. The van der Waals surface area contributed by atoms with E-state index in [4.69, 9.17) is 21.3 Å². The summed E-state index contributed by atoms with van der Waals surface area (Å²) >= 11 is 6.13. The number of nitrogens with one attached hydrogen (secondary N) is 2. The zero-order valence-electron chi connectivity index (χ0n) is 20.1. The average Bonchev–Trinajstić information content (AvgIpc) is 3.02. The highest BCUT2D eigenvalue weighted by atomic mass is 35.5. The Bertz CT molecular complexity index is 1280. The monoisotopic (exact) mass is 505 g/mol. The zero-order valence-corrected chi connectivity index (χ0v) is 20.8. The van der Waals surface area contributed by atoms with Crippen LogP contribution in [0.5, 0.6) is 0 Å². The van der Waals surface area contributed by atoms with E-state index in [1.165, 1.54) is 0 Å². The Morgan fingerprint density at radius 3 is 2.86 bits per heavy atom. The van der Waals surface area contributed by atoms with Gasteiger partial charge in [-0.3, -0.25) is 9.59 Å².